The largest absolute Gasteiger partial charge is 0.573 e. The third-order valence-electron chi connectivity index (χ3n) is 4.72. The van der Waals surface area contributed by atoms with E-state index in [-0.39, 0.29) is 23.8 Å². The van der Waals surface area contributed by atoms with Crippen molar-refractivity contribution in [3.05, 3.63) is 47.8 Å². The summed E-state index contributed by atoms with van der Waals surface area (Å²) in [5.74, 6) is -2.38. The van der Waals surface area contributed by atoms with Gasteiger partial charge in [-0.15, -0.1) is 13.2 Å². The lowest BCUT2D eigenvalue weighted by atomic mass is 9.99. The van der Waals surface area contributed by atoms with Gasteiger partial charge in [-0.25, -0.2) is 4.39 Å². The number of hydrogen-bond acceptors (Lipinski definition) is 3. The molecule has 0 amide bonds. The topological polar surface area (TPSA) is 30.5 Å². The Morgan fingerprint density at radius 3 is 2.27 bits per heavy atom. The summed E-state index contributed by atoms with van der Waals surface area (Å²) in [6.07, 6.45) is -8.38. The van der Waals surface area contributed by atoms with Crippen LogP contribution in [0.1, 0.15) is 18.4 Å². The third kappa shape index (κ3) is 5.56. The number of halogens is 7. The molecular weight excluding hydrogens is 419 g/mol. The van der Waals surface area contributed by atoms with Gasteiger partial charge in [-0.1, -0.05) is 18.2 Å². The summed E-state index contributed by atoms with van der Waals surface area (Å²) in [4.78, 5) is 0. The SMILES string of the molecule is Fc1c(-c2ccc(OC(F)(F)F)c(OCC3CCNCC3)c2)cccc1C(F)(F)F. The highest BCUT2D eigenvalue weighted by Crippen LogP contribution is 2.39. The molecule has 1 saturated heterocycles. The van der Waals surface area contributed by atoms with Crippen molar-refractivity contribution in [1.29, 1.82) is 0 Å². The molecular formula is C20H18F7NO2. The number of benzene rings is 2. The molecule has 0 bridgehead atoms. The predicted octanol–water partition coefficient (Wildman–Crippen LogP) is 5.79. The zero-order chi connectivity index (χ0) is 21.9. The van der Waals surface area contributed by atoms with E-state index in [2.05, 4.69) is 10.1 Å². The fourth-order valence-electron chi connectivity index (χ4n) is 3.23. The van der Waals surface area contributed by atoms with Crippen LogP contribution in [0.2, 0.25) is 0 Å². The molecule has 1 aliphatic rings. The van der Waals surface area contributed by atoms with Crippen molar-refractivity contribution >= 4 is 0 Å². The number of nitrogens with one attached hydrogen (secondary N) is 1. The Hall–Kier alpha value is -2.49. The molecule has 0 radical (unpaired) electrons. The van der Waals surface area contributed by atoms with Gasteiger partial charge in [0.05, 0.1) is 12.2 Å². The summed E-state index contributed by atoms with van der Waals surface area (Å²) in [5, 5.41) is 3.15. The maximum atomic E-state index is 14.5. The molecule has 3 rings (SSSR count). The Morgan fingerprint density at radius 1 is 0.933 bits per heavy atom. The van der Waals surface area contributed by atoms with Crippen molar-refractivity contribution in [2.75, 3.05) is 19.7 Å². The van der Waals surface area contributed by atoms with Gasteiger partial charge in [0.2, 0.25) is 0 Å². The van der Waals surface area contributed by atoms with Crippen LogP contribution in [0.25, 0.3) is 11.1 Å². The van der Waals surface area contributed by atoms with Gasteiger partial charge in [-0.05, 0) is 55.6 Å². The Balaban J connectivity index is 1.94. The molecule has 0 atom stereocenters. The second-order valence-electron chi connectivity index (χ2n) is 6.88. The lowest BCUT2D eigenvalue weighted by molar-refractivity contribution is -0.275. The van der Waals surface area contributed by atoms with E-state index in [9.17, 15) is 30.7 Å². The quantitative estimate of drug-likeness (QED) is 0.601. The van der Waals surface area contributed by atoms with E-state index in [1.807, 2.05) is 0 Å². The Kier molecular flexibility index (Phi) is 6.44. The molecule has 10 heteroatoms. The first-order valence-electron chi connectivity index (χ1n) is 9.14. The Bertz CT molecular complexity index is 874. The van der Waals surface area contributed by atoms with Crippen LogP contribution in [0.3, 0.4) is 0 Å². The second-order valence-corrected chi connectivity index (χ2v) is 6.88. The monoisotopic (exact) mass is 437 g/mol. The van der Waals surface area contributed by atoms with Crippen LogP contribution in [0, 0.1) is 11.7 Å². The highest BCUT2D eigenvalue weighted by atomic mass is 19.4. The lowest BCUT2D eigenvalue weighted by Crippen LogP contribution is -2.30. The normalized spacial score (nSPS) is 15.8. The Labute approximate surface area is 167 Å². The van der Waals surface area contributed by atoms with Crippen molar-refractivity contribution < 1.29 is 40.2 Å². The van der Waals surface area contributed by atoms with Crippen LogP contribution < -0.4 is 14.8 Å². The number of piperidine rings is 1. The van der Waals surface area contributed by atoms with Crippen molar-refractivity contribution in [3.8, 4) is 22.6 Å². The fraction of sp³-hybridized carbons (Fsp3) is 0.400. The van der Waals surface area contributed by atoms with Crippen LogP contribution in [0.5, 0.6) is 11.5 Å². The summed E-state index contributed by atoms with van der Waals surface area (Å²) < 4.78 is 101. The smallest absolute Gasteiger partial charge is 0.489 e. The van der Waals surface area contributed by atoms with Gasteiger partial charge in [0, 0.05) is 5.56 Å². The number of hydrogen-bond donors (Lipinski definition) is 1. The molecule has 2 aromatic rings. The molecule has 0 saturated carbocycles. The number of ether oxygens (including phenoxy) is 2. The van der Waals surface area contributed by atoms with E-state index >= 15 is 0 Å². The minimum atomic E-state index is -4.99. The van der Waals surface area contributed by atoms with E-state index in [1.165, 1.54) is 0 Å². The van der Waals surface area contributed by atoms with Gasteiger partial charge in [0.25, 0.3) is 0 Å². The van der Waals surface area contributed by atoms with Crippen LogP contribution >= 0.6 is 0 Å². The third-order valence-corrected chi connectivity index (χ3v) is 4.72. The summed E-state index contributed by atoms with van der Waals surface area (Å²) in [7, 11) is 0. The zero-order valence-corrected chi connectivity index (χ0v) is 15.5. The maximum Gasteiger partial charge on any atom is 0.573 e. The Morgan fingerprint density at radius 2 is 1.63 bits per heavy atom. The average Bonchev–Trinajstić information content (AvgIpc) is 2.66. The molecule has 1 aliphatic heterocycles. The average molecular weight is 437 g/mol. The van der Waals surface area contributed by atoms with Gasteiger partial charge < -0.3 is 14.8 Å². The maximum absolute atomic E-state index is 14.5. The first-order chi connectivity index (χ1) is 14.0. The minimum absolute atomic E-state index is 0.0616. The summed E-state index contributed by atoms with van der Waals surface area (Å²) >= 11 is 0. The van der Waals surface area contributed by atoms with Crippen LogP contribution in [-0.2, 0) is 6.18 Å². The zero-order valence-electron chi connectivity index (χ0n) is 15.5. The van der Waals surface area contributed by atoms with Gasteiger partial charge in [0.1, 0.15) is 5.82 Å². The first kappa shape index (κ1) is 22.2. The van der Waals surface area contributed by atoms with Crippen molar-refractivity contribution in [3.63, 3.8) is 0 Å². The van der Waals surface area contributed by atoms with Gasteiger partial charge in [-0.3, -0.25) is 0 Å². The molecule has 0 aromatic heterocycles. The molecule has 2 aromatic carbocycles. The highest BCUT2D eigenvalue weighted by molar-refractivity contribution is 5.68. The summed E-state index contributed by atoms with van der Waals surface area (Å²) in [6.45, 7) is 1.59. The molecule has 3 nitrogen and oxygen atoms in total. The molecule has 0 spiro atoms. The number of alkyl halides is 6. The number of rotatable bonds is 5. The van der Waals surface area contributed by atoms with Crippen LogP contribution in [0.15, 0.2) is 36.4 Å². The standard InChI is InChI=1S/C20H18F7NO2/c21-18-14(2-1-3-15(18)19(22,23)24)13-4-5-16(30-20(25,26)27)17(10-13)29-11-12-6-8-28-9-7-12/h1-5,10,12,28H,6-9,11H2. The molecule has 0 aliphatic carbocycles. The van der Waals surface area contributed by atoms with E-state index in [4.69, 9.17) is 4.74 Å². The highest BCUT2D eigenvalue weighted by Gasteiger charge is 2.35. The molecule has 1 heterocycles. The van der Waals surface area contributed by atoms with E-state index in [1.54, 1.807) is 0 Å². The fourth-order valence-corrected chi connectivity index (χ4v) is 3.23. The summed E-state index contributed by atoms with van der Waals surface area (Å²) in [6, 6.07) is 5.74. The molecule has 164 valence electrons. The van der Waals surface area contributed by atoms with E-state index in [0.717, 1.165) is 56.3 Å². The van der Waals surface area contributed by atoms with Crippen LogP contribution in [0.4, 0.5) is 30.7 Å². The van der Waals surface area contributed by atoms with Crippen molar-refractivity contribution in [1.82, 2.24) is 5.32 Å². The van der Waals surface area contributed by atoms with E-state index in [0.29, 0.717) is 6.07 Å². The predicted molar refractivity (Wildman–Crippen MR) is 94.6 cm³/mol. The first-order valence-corrected chi connectivity index (χ1v) is 9.14. The molecule has 0 unspecified atom stereocenters. The van der Waals surface area contributed by atoms with Gasteiger partial charge in [0.15, 0.2) is 11.5 Å². The van der Waals surface area contributed by atoms with Gasteiger partial charge >= 0.3 is 12.5 Å². The molecule has 1 fully saturated rings. The van der Waals surface area contributed by atoms with Crippen molar-refractivity contribution in [2.24, 2.45) is 5.92 Å². The van der Waals surface area contributed by atoms with E-state index < -0.39 is 35.2 Å². The summed E-state index contributed by atoms with van der Waals surface area (Å²) in [5.41, 5.74) is -1.93. The van der Waals surface area contributed by atoms with Crippen LogP contribution in [-0.4, -0.2) is 26.1 Å². The molecule has 30 heavy (non-hydrogen) atoms. The second kappa shape index (κ2) is 8.71. The molecule has 1 N–H and O–H groups in total. The van der Waals surface area contributed by atoms with Gasteiger partial charge in [-0.2, -0.15) is 13.2 Å². The minimum Gasteiger partial charge on any atom is -0.489 e. The van der Waals surface area contributed by atoms with Crippen molar-refractivity contribution in [2.45, 2.75) is 25.4 Å². The lowest BCUT2D eigenvalue weighted by Gasteiger charge is -2.23.